The standard InChI is InChI=1S/C17H33O7P.C15H29O7P.C13H25O7P.C12H23O7P/c1-16(2)17(18)22-12-9-7-5-3-4-6-8-10-13-23-24-14-11-15-25(19,20)21;1-14(2)15(16)20-10-7-5-3-4-6-8-11-21-22-12-9-13-23(17,18)19;1-12(2)13(14)18-8-5-3-4-6-9-19-20-10-7-11-21(15,16)17;1-11(2)12(13)17-7-4-3-5-8-18-19-9-6-10-20(14,15)16/h1,3-15H2,2H3,(H2,19,20,21);1,3-13H2,2H3,(H2,17,18,19);1,3-11H2,2H3,(H2,15,16,17);1,3-10H2,2H3,(H2,14,15,16). The first kappa shape index (κ1) is 92.5. The van der Waals surface area contributed by atoms with Gasteiger partial charge in [0.15, 0.2) is 0 Å². The van der Waals surface area contributed by atoms with E-state index in [2.05, 4.69) is 26.3 Å². The second-order valence-electron chi connectivity index (χ2n) is 20.6. The molecule has 0 radical (unpaired) electrons. The predicted octanol–water partition coefficient (Wildman–Crippen LogP) is 10.7. The van der Waals surface area contributed by atoms with Crippen LogP contribution in [-0.2, 0) is 95.5 Å². The lowest BCUT2D eigenvalue weighted by molar-refractivity contribution is -0.294. The van der Waals surface area contributed by atoms with E-state index in [1.165, 1.54) is 12.8 Å². The van der Waals surface area contributed by atoms with Gasteiger partial charge in [0.25, 0.3) is 0 Å². The van der Waals surface area contributed by atoms with Crippen LogP contribution in [-0.4, -0.2) is 167 Å². The topological polar surface area (TPSA) is 409 Å². The molecular weight excluding hydrogens is 1260 g/mol. The summed E-state index contributed by atoms with van der Waals surface area (Å²) in [6.07, 6.45) is 20.6. The van der Waals surface area contributed by atoms with Gasteiger partial charge in [0.05, 0.1) is 104 Å². The molecule has 0 aromatic carbocycles. The number of ether oxygens (including phenoxy) is 4. The Balaban J connectivity index is -0.000000543. The van der Waals surface area contributed by atoms with Crippen LogP contribution in [0.5, 0.6) is 0 Å². The van der Waals surface area contributed by atoms with E-state index < -0.39 is 30.4 Å². The van der Waals surface area contributed by atoms with Crippen molar-refractivity contribution in [2.75, 3.05) is 104 Å². The van der Waals surface area contributed by atoms with Crippen molar-refractivity contribution in [1.29, 1.82) is 0 Å². The van der Waals surface area contributed by atoms with Gasteiger partial charge in [0.1, 0.15) is 0 Å². The van der Waals surface area contributed by atoms with Gasteiger partial charge in [-0.25, -0.2) is 58.3 Å². The van der Waals surface area contributed by atoms with Crippen LogP contribution in [0.2, 0.25) is 0 Å². The zero-order valence-corrected chi connectivity index (χ0v) is 56.9. The van der Waals surface area contributed by atoms with E-state index in [0.29, 0.717) is 75.1 Å². The maximum atomic E-state index is 11.1. The summed E-state index contributed by atoms with van der Waals surface area (Å²) in [4.78, 5) is 152. The van der Waals surface area contributed by atoms with Crippen LogP contribution in [0.4, 0.5) is 0 Å². The van der Waals surface area contributed by atoms with Crippen molar-refractivity contribution in [3.63, 3.8) is 0 Å². The highest BCUT2D eigenvalue weighted by atomic mass is 31.2. The molecule has 0 unspecified atom stereocenters. The van der Waals surface area contributed by atoms with Crippen molar-refractivity contribution in [1.82, 2.24) is 0 Å². The molecule has 0 aromatic rings. The largest absolute Gasteiger partial charge is 0.462 e. The van der Waals surface area contributed by atoms with Crippen molar-refractivity contribution in [3.05, 3.63) is 48.6 Å². The fourth-order valence-corrected chi connectivity index (χ4v) is 8.46. The number of carbonyl (C=O) groups excluding carboxylic acids is 4. The second kappa shape index (κ2) is 62.6. The van der Waals surface area contributed by atoms with Crippen LogP contribution in [0, 0.1) is 0 Å². The lowest BCUT2D eigenvalue weighted by Gasteiger charge is -2.06. The molecule has 28 nitrogen and oxygen atoms in total. The number of carbonyl (C=O) groups is 4. The summed E-state index contributed by atoms with van der Waals surface area (Å²) in [5, 5.41) is 0. The SMILES string of the molecule is C=C(C)C(=O)OCCCCCCCCCCOOCCCP(=O)(O)O.C=C(C)C(=O)OCCCCCCCCOOCCCP(=O)(O)O.C=C(C)C(=O)OCCCCCCOOCCCP(=O)(O)O.C=C(C)C(=O)OCCCCCOOCCCP(=O)(O)O. The van der Waals surface area contributed by atoms with Crippen molar-refractivity contribution in [2.45, 2.75) is 188 Å². The van der Waals surface area contributed by atoms with E-state index in [-0.39, 0.29) is 101 Å². The van der Waals surface area contributed by atoms with Gasteiger partial charge in [-0.2, -0.15) is 0 Å². The summed E-state index contributed by atoms with van der Waals surface area (Å²) in [7, 11) is -15.7. The van der Waals surface area contributed by atoms with Gasteiger partial charge < -0.3 is 58.1 Å². The predicted molar refractivity (Wildman–Crippen MR) is 334 cm³/mol. The first-order valence-electron chi connectivity index (χ1n) is 30.3. The fourth-order valence-electron chi connectivity index (χ4n) is 6.29. The first-order chi connectivity index (χ1) is 41.8. The van der Waals surface area contributed by atoms with Crippen LogP contribution in [0.3, 0.4) is 0 Å². The Kier molecular flexibility index (Phi) is 65.0. The minimum absolute atomic E-state index is 0.154. The van der Waals surface area contributed by atoms with Gasteiger partial charge in [-0.3, -0.25) is 18.3 Å². The van der Waals surface area contributed by atoms with Crippen LogP contribution in [0.15, 0.2) is 48.6 Å². The summed E-state index contributed by atoms with van der Waals surface area (Å²) in [5.74, 6) is -1.38. The molecule has 0 aliphatic carbocycles. The maximum Gasteiger partial charge on any atom is 0.333 e. The Morgan fingerprint density at radius 1 is 0.236 bits per heavy atom. The van der Waals surface area contributed by atoms with E-state index in [1.54, 1.807) is 27.7 Å². The van der Waals surface area contributed by atoms with E-state index in [1.807, 2.05) is 0 Å². The first-order valence-corrected chi connectivity index (χ1v) is 37.5. The lowest BCUT2D eigenvalue weighted by Crippen LogP contribution is -2.06. The Labute approximate surface area is 527 Å². The summed E-state index contributed by atoms with van der Waals surface area (Å²) in [6.45, 7) is 24.7. The molecule has 8 N–H and O–H groups in total. The Hall–Kier alpha value is -2.88. The van der Waals surface area contributed by atoms with Crippen molar-refractivity contribution >= 4 is 54.3 Å². The van der Waals surface area contributed by atoms with Crippen LogP contribution >= 0.6 is 30.4 Å². The van der Waals surface area contributed by atoms with E-state index >= 15 is 0 Å². The van der Waals surface area contributed by atoms with Crippen molar-refractivity contribution < 1.29 is 135 Å². The molecule has 0 rings (SSSR count). The third-order valence-corrected chi connectivity index (χ3v) is 14.7. The number of rotatable bonds is 57. The summed E-state index contributed by atoms with van der Waals surface area (Å²) in [6, 6.07) is 0. The molecule has 0 heterocycles. The highest BCUT2D eigenvalue weighted by molar-refractivity contribution is 7.52. The minimum atomic E-state index is -3.94. The third-order valence-electron chi connectivity index (χ3n) is 11.1. The quantitative estimate of drug-likeness (QED) is 0.00533. The molecule has 0 amide bonds. The number of hydrogen-bond donors (Lipinski definition) is 8. The number of esters is 4. The molecule has 32 heteroatoms. The van der Waals surface area contributed by atoms with Gasteiger partial charge in [0.2, 0.25) is 0 Å². The Morgan fingerprint density at radius 2 is 0.360 bits per heavy atom. The van der Waals surface area contributed by atoms with E-state index in [9.17, 15) is 37.4 Å². The average molecular weight is 1370 g/mol. The molecule has 0 atom stereocenters. The molecule has 0 saturated carbocycles. The molecular formula is C57H110O28P4. The van der Waals surface area contributed by atoms with Gasteiger partial charge >= 0.3 is 54.3 Å². The molecule has 526 valence electrons. The fraction of sp³-hybridized carbons (Fsp3) is 0.789. The number of hydrogen-bond acceptors (Lipinski definition) is 20. The van der Waals surface area contributed by atoms with Crippen LogP contribution < -0.4 is 0 Å². The lowest BCUT2D eigenvalue weighted by atomic mass is 10.1. The molecule has 89 heavy (non-hydrogen) atoms. The van der Waals surface area contributed by atoms with E-state index in [4.69, 9.17) is 97.2 Å². The summed E-state index contributed by atoms with van der Waals surface area (Å²) < 4.78 is 62.1. The molecule has 0 aliphatic heterocycles. The smallest absolute Gasteiger partial charge is 0.333 e. The molecule has 0 bridgehead atoms. The van der Waals surface area contributed by atoms with Gasteiger partial charge in [-0.15, -0.1) is 0 Å². The molecule has 0 fully saturated rings. The van der Waals surface area contributed by atoms with Crippen molar-refractivity contribution in [2.24, 2.45) is 0 Å². The molecule has 0 spiro atoms. The molecule has 0 saturated heterocycles. The van der Waals surface area contributed by atoms with Crippen LogP contribution in [0.25, 0.3) is 0 Å². The van der Waals surface area contributed by atoms with Gasteiger partial charge in [-0.1, -0.05) is 96.9 Å². The maximum absolute atomic E-state index is 11.1. The average Bonchev–Trinajstić information content (AvgIpc) is 3.49. The molecule has 0 aliphatic rings. The molecule has 0 aromatic heterocycles. The van der Waals surface area contributed by atoms with Gasteiger partial charge in [-0.05, 0) is 118 Å². The Morgan fingerprint density at radius 3 is 0.506 bits per heavy atom. The normalized spacial score (nSPS) is 11.4. The monoisotopic (exact) mass is 1370 g/mol. The second-order valence-corrected chi connectivity index (χ2v) is 27.7. The minimum Gasteiger partial charge on any atom is -0.462 e. The summed E-state index contributed by atoms with van der Waals surface area (Å²) >= 11 is 0. The Bertz CT molecular complexity index is 2030. The highest BCUT2D eigenvalue weighted by Crippen LogP contribution is 2.36. The van der Waals surface area contributed by atoms with E-state index in [0.717, 1.165) is 122 Å². The zero-order valence-electron chi connectivity index (χ0n) is 53.4. The van der Waals surface area contributed by atoms with Gasteiger partial charge in [0, 0.05) is 22.3 Å². The third kappa shape index (κ3) is 87.2. The summed E-state index contributed by atoms with van der Waals surface area (Å²) in [5.41, 5.74) is 1.65. The zero-order chi connectivity index (χ0) is 68.1. The number of unbranched alkanes of at least 4 members (excludes halogenated alkanes) is 17. The van der Waals surface area contributed by atoms with Crippen molar-refractivity contribution in [3.8, 4) is 0 Å². The highest BCUT2D eigenvalue weighted by Gasteiger charge is 2.15. The van der Waals surface area contributed by atoms with Crippen LogP contribution in [0.1, 0.15) is 188 Å².